The molecule has 1 aromatic carbocycles. The fourth-order valence-corrected chi connectivity index (χ4v) is 4.26. The number of alkyl carbamates (subject to hydrolysis) is 1. The minimum atomic E-state index is -0.525. The van der Waals surface area contributed by atoms with E-state index in [1.807, 2.05) is 30.9 Å². The van der Waals surface area contributed by atoms with Gasteiger partial charge in [0.2, 0.25) is 5.91 Å². The molecule has 2 aromatic heterocycles. The van der Waals surface area contributed by atoms with Gasteiger partial charge in [0.1, 0.15) is 6.04 Å². The van der Waals surface area contributed by atoms with E-state index in [0.717, 1.165) is 21.8 Å². The molecule has 1 atom stereocenters. The number of rotatable bonds is 5. The fraction of sp³-hybridized carbons (Fsp3) is 0.409. The Hall–Kier alpha value is -2.88. The minimum Gasteiger partial charge on any atom is -0.453 e. The van der Waals surface area contributed by atoms with Gasteiger partial charge in [0.05, 0.1) is 42.2 Å². The van der Waals surface area contributed by atoms with Crippen LogP contribution in [0.5, 0.6) is 0 Å². The summed E-state index contributed by atoms with van der Waals surface area (Å²) in [7, 11) is 1.31. The maximum Gasteiger partial charge on any atom is 0.406 e. The molecular weight excluding hydrogens is 434 g/mol. The quantitative estimate of drug-likeness (QED) is 0.541. The van der Waals surface area contributed by atoms with E-state index in [0.29, 0.717) is 30.3 Å². The van der Waals surface area contributed by atoms with Gasteiger partial charge in [-0.3, -0.25) is 14.7 Å². The van der Waals surface area contributed by atoms with Crippen LogP contribution in [0.3, 0.4) is 0 Å². The molecule has 0 saturated carbocycles. The summed E-state index contributed by atoms with van der Waals surface area (Å²) >= 11 is 6.36. The zero-order chi connectivity index (χ0) is 22.9. The second-order valence-electron chi connectivity index (χ2n) is 8.39. The lowest BCUT2D eigenvalue weighted by Crippen LogP contribution is -2.59. The van der Waals surface area contributed by atoms with Gasteiger partial charge in [0, 0.05) is 41.6 Å². The van der Waals surface area contributed by atoms with Crippen molar-refractivity contribution in [3.8, 4) is 0 Å². The van der Waals surface area contributed by atoms with E-state index in [1.165, 1.54) is 7.11 Å². The van der Waals surface area contributed by atoms with Crippen LogP contribution in [-0.2, 0) is 14.3 Å². The third-order valence-electron chi connectivity index (χ3n) is 5.54. The van der Waals surface area contributed by atoms with Gasteiger partial charge in [-0.1, -0.05) is 11.6 Å². The number of nitrogens with one attached hydrogen (secondary N) is 3. The SMILES string of the molecule is COC(=O)NCCN1CC(C)(C)OCC1C(=O)Nc1cc(Cl)cc2c1[nH]c1cnccc12. The van der Waals surface area contributed by atoms with Crippen LogP contribution in [0.2, 0.25) is 5.02 Å². The molecule has 170 valence electrons. The fourth-order valence-electron chi connectivity index (χ4n) is 4.04. The van der Waals surface area contributed by atoms with Crippen LogP contribution in [0, 0.1) is 0 Å². The van der Waals surface area contributed by atoms with Crippen molar-refractivity contribution in [2.45, 2.75) is 25.5 Å². The number of carbonyl (C=O) groups is 2. The highest BCUT2D eigenvalue weighted by atomic mass is 35.5. The molecule has 1 aliphatic heterocycles. The summed E-state index contributed by atoms with van der Waals surface area (Å²) in [6, 6.07) is 4.97. The molecule has 3 heterocycles. The molecule has 1 fully saturated rings. The number of benzene rings is 1. The molecule has 1 unspecified atom stereocenters. The summed E-state index contributed by atoms with van der Waals surface area (Å²) in [6.07, 6.45) is 2.95. The molecule has 4 rings (SSSR count). The Morgan fingerprint density at radius 2 is 2.19 bits per heavy atom. The molecule has 1 saturated heterocycles. The second kappa shape index (κ2) is 8.93. The molecule has 0 aliphatic carbocycles. The van der Waals surface area contributed by atoms with Crippen LogP contribution in [0.25, 0.3) is 21.8 Å². The molecule has 0 radical (unpaired) electrons. The number of pyridine rings is 1. The lowest BCUT2D eigenvalue weighted by atomic mass is 10.0. The summed E-state index contributed by atoms with van der Waals surface area (Å²) in [5, 5.41) is 8.08. The Balaban J connectivity index is 1.57. The van der Waals surface area contributed by atoms with Crippen LogP contribution in [0.4, 0.5) is 10.5 Å². The summed E-state index contributed by atoms with van der Waals surface area (Å²) in [4.78, 5) is 34.2. The predicted molar refractivity (Wildman–Crippen MR) is 123 cm³/mol. The number of amides is 2. The highest BCUT2D eigenvalue weighted by Gasteiger charge is 2.37. The number of morpholine rings is 1. The van der Waals surface area contributed by atoms with Crippen LogP contribution in [0.1, 0.15) is 13.8 Å². The van der Waals surface area contributed by atoms with E-state index >= 15 is 0 Å². The Bertz CT molecular complexity index is 1160. The molecule has 10 heteroatoms. The van der Waals surface area contributed by atoms with Gasteiger partial charge >= 0.3 is 6.09 Å². The lowest BCUT2D eigenvalue weighted by Gasteiger charge is -2.42. The number of fused-ring (bicyclic) bond motifs is 3. The number of ether oxygens (including phenoxy) is 2. The average Bonchev–Trinajstić information content (AvgIpc) is 3.12. The minimum absolute atomic E-state index is 0.209. The van der Waals surface area contributed by atoms with E-state index in [9.17, 15) is 9.59 Å². The first-order valence-corrected chi connectivity index (χ1v) is 10.7. The van der Waals surface area contributed by atoms with Crippen LogP contribution in [-0.4, -0.2) is 71.9 Å². The number of aromatic nitrogens is 2. The summed E-state index contributed by atoms with van der Waals surface area (Å²) in [6.45, 7) is 5.54. The maximum absolute atomic E-state index is 13.3. The summed E-state index contributed by atoms with van der Waals surface area (Å²) < 4.78 is 10.5. The number of anilines is 1. The predicted octanol–water partition coefficient (Wildman–Crippen LogP) is 3.14. The monoisotopic (exact) mass is 459 g/mol. The van der Waals surface area contributed by atoms with Crippen molar-refractivity contribution in [3.63, 3.8) is 0 Å². The number of hydrogen-bond donors (Lipinski definition) is 3. The smallest absolute Gasteiger partial charge is 0.406 e. The molecular formula is C22H26ClN5O4. The van der Waals surface area contributed by atoms with Gasteiger partial charge in [-0.15, -0.1) is 0 Å². The molecule has 0 bridgehead atoms. The zero-order valence-electron chi connectivity index (χ0n) is 18.2. The Labute approximate surface area is 190 Å². The lowest BCUT2D eigenvalue weighted by molar-refractivity contribution is -0.142. The van der Waals surface area contributed by atoms with Gasteiger partial charge in [-0.25, -0.2) is 4.79 Å². The molecule has 32 heavy (non-hydrogen) atoms. The standard InChI is InChI=1S/C22H26ClN5O4/c1-22(2)12-28(7-6-25-21(30)31-3)18(11-32-22)20(29)27-16-9-13(23)8-15-14-4-5-24-10-17(14)26-19(15)16/h4-5,8-10,18,26H,6-7,11-12H2,1-3H3,(H,25,30)(H,27,29). The zero-order valence-corrected chi connectivity index (χ0v) is 19.0. The third kappa shape index (κ3) is 4.64. The first kappa shape index (κ1) is 22.3. The van der Waals surface area contributed by atoms with Crippen molar-refractivity contribution in [1.82, 2.24) is 20.2 Å². The van der Waals surface area contributed by atoms with Crippen molar-refractivity contribution in [2.75, 3.05) is 38.7 Å². The number of hydrogen-bond acceptors (Lipinski definition) is 6. The summed E-state index contributed by atoms with van der Waals surface area (Å²) in [5.41, 5.74) is 1.82. The second-order valence-corrected chi connectivity index (χ2v) is 8.82. The van der Waals surface area contributed by atoms with Crippen LogP contribution in [0.15, 0.2) is 30.6 Å². The highest BCUT2D eigenvalue weighted by Crippen LogP contribution is 2.33. The van der Waals surface area contributed by atoms with E-state index < -0.39 is 17.7 Å². The molecule has 2 amide bonds. The Morgan fingerprint density at radius 3 is 2.97 bits per heavy atom. The topological polar surface area (TPSA) is 109 Å². The number of carbonyl (C=O) groups excluding carboxylic acids is 2. The first-order valence-electron chi connectivity index (χ1n) is 10.3. The highest BCUT2D eigenvalue weighted by molar-refractivity contribution is 6.33. The van der Waals surface area contributed by atoms with Crippen molar-refractivity contribution in [1.29, 1.82) is 0 Å². The van der Waals surface area contributed by atoms with Crippen LogP contribution >= 0.6 is 11.6 Å². The molecule has 9 nitrogen and oxygen atoms in total. The first-order chi connectivity index (χ1) is 15.3. The van der Waals surface area contributed by atoms with Crippen LogP contribution < -0.4 is 10.6 Å². The van der Waals surface area contributed by atoms with Crippen molar-refractivity contribution in [3.05, 3.63) is 35.6 Å². The average molecular weight is 460 g/mol. The largest absolute Gasteiger partial charge is 0.453 e. The van der Waals surface area contributed by atoms with E-state index in [1.54, 1.807) is 18.5 Å². The molecule has 0 spiro atoms. The number of nitrogens with zero attached hydrogens (tertiary/aromatic N) is 2. The van der Waals surface area contributed by atoms with E-state index in [-0.39, 0.29) is 12.5 Å². The van der Waals surface area contributed by atoms with Gasteiger partial charge in [-0.2, -0.15) is 0 Å². The van der Waals surface area contributed by atoms with E-state index in [2.05, 4.69) is 25.3 Å². The van der Waals surface area contributed by atoms with Gasteiger partial charge < -0.3 is 25.1 Å². The van der Waals surface area contributed by atoms with Crippen molar-refractivity contribution >= 4 is 51.1 Å². The maximum atomic E-state index is 13.3. The Morgan fingerprint density at radius 1 is 1.38 bits per heavy atom. The molecule has 1 aliphatic rings. The van der Waals surface area contributed by atoms with Crippen molar-refractivity contribution in [2.24, 2.45) is 0 Å². The normalized spacial score (nSPS) is 18.6. The third-order valence-corrected chi connectivity index (χ3v) is 5.76. The van der Waals surface area contributed by atoms with E-state index in [4.69, 9.17) is 16.3 Å². The molecule has 3 N–H and O–H groups in total. The molecule has 3 aromatic rings. The van der Waals surface area contributed by atoms with Gasteiger partial charge in [-0.05, 0) is 32.0 Å². The van der Waals surface area contributed by atoms with Crippen molar-refractivity contribution < 1.29 is 19.1 Å². The number of halogens is 1. The van der Waals surface area contributed by atoms with Gasteiger partial charge in [0.25, 0.3) is 0 Å². The Kier molecular flexibility index (Phi) is 6.23. The number of methoxy groups -OCH3 is 1. The van der Waals surface area contributed by atoms with Gasteiger partial charge in [0.15, 0.2) is 0 Å². The number of aromatic amines is 1. The number of H-pyrrole nitrogens is 1. The summed E-state index contributed by atoms with van der Waals surface area (Å²) in [5.74, 6) is -0.209.